The van der Waals surface area contributed by atoms with Gasteiger partial charge < -0.3 is 9.47 Å². The first-order valence-electron chi connectivity index (χ1n) is 7.63. The van der Waals surface area contributed by atoms with Crippen molar-refractivity contribution in [3.8, 4) is 5.75 Å². The molecule has 2 atom stereocenters. The van der Waals surface area contributed by atoms with E-state index >= 15 is 0 Å². The van der Waals surface area contributed by atoms with Crippen LogP contribution in [0, 0.1) is 0 Å². The van der Waals surface area contributed by atoms with Crippen molar-refractivity contribution in [2.75, 3.05) is 13.7 Å². The third kappa shape index (κ3) is 2.67. The van der Waals surface area contributed by atoms with Crippen molar-refractivity contribution < 1.29 is 23.9 Å². The van der Waals surface area contributed by atoms with Crippen molar-refractivity contribution in [3.05, 3.63) is 42.0 Å². The standard InChI is InChI=1S/C17H18N2O5/c1-3-8-24-10-4-5-11-12(9-10)17(23-2)19(16(11)22)13-6-7-14(20)18-15(13)21/h3-5,9,13,17H,1,6-8H2,2H3,(H,18,20,21). The summed E-state index contributed by atoms with van der Waals surface area (Å²) in [5.74, 6) is -0.498. The lowest BCUT2D eigenvalue weighted by Crippen LogP contribution is -2.53. The van der Waals surface area contributed by atoms with E-state index in [-0.39, 0.29) is 24.7 Å². The summed E-state index contributed by atoms with van der Waals surface area (Å²) in [7, 11) is 1.48. The maximum absolute atomic E-state index is 12.7. The zero-order chi connectivity index (χ0) is 17.3. The van der Waals surface area contributed by atoms with Crippen LogP contribution in [0.25, 0.3) is 0 Å². The molecular weight excluding hydrogens is 312 g/mol. The van der Waals surface area contributed by atoms with Gasteiger partial charge in [-0.1, -0.05) is 12.7 Å². The Morgan fingerprint density at radius 1 is 1.38 bits per heavy atom. The molecule has 2 heterocycles. The summed E-state index contributed by atoms with van der Waals surface area (Å²) in [4.78, 5) is 37.6. The largest absolute Gasteiger partial charge is 0.490 e. The second-order valence-electron chi connectivity index (χ2n) is 5.62. The van der Waals surface area contributed by atoms with E-state index in [0.717, 1.165) is 0 Å². The van der Waals surface area contributed by atoms with Crippen LogP contribution in [0.15, 0.2) is 30.9 Å². The maximum atomic E-state index is 12.7. The normalized spacial score (nSPS) is 23.0. The highest BCUT2D eigenvalue weighted by atomic mass is 16.5. The van der Waals surface area contributed by atoms with Crippen LogP contribution < -0.4 is 10.1 Å². The number of nitrogens with zero attached hydrogens (tertiary/aromatic N) is 1. The Hall–Kier alpha value is -2.67. The number of rotatable bonds is 5. The number of nitrogens with one attached hydrogen (secondary N) is 1. The molecule has 24 heavy (non-hydrogen) atoms. The van der Waals surface area contributed by atoms with Crippen LogP contribution >= 0.6 is 0 Å². The number of fused-ring (bicyclic) bond motifs is 1. The van der Waals surface area contributed by atoms with Gasteiger partial charge in [-0.2, -0.15) is 0 Å². The predicted molar refractivity (Wildman–Crippen MR) is 84.2 cm³/mol. The summed E-state index contributed by atoms with van der Waals surface area (Å²) in [6.45, 7) is 3.94. The number of ether oxygens (including phenoxy) is 2. The molecule has 0 spiro atoms. The van der Waals surface area contributed by atoms with Crippen LogP contribution in [-0.4, -0.2) is 42.4 Å². The Balaban J connectivity index is 1.92. The Labute approximate surface area is 139 Å². The summed E-state index contributed by atoms with van der Waals surface area (Å²) in [5, 5.41) is 2.27. The van der Waals surface area contributed by atoms with Gasteiger partial charge in [0, 0.05) is 24.7 Å². The van der Waals surface area contributed by atoms with Gasteiger partial charge in [0.05, 0.1) is 0 Å². The molecule has 3 amide bonds. The molecule has 2 aliphatic heterocycles. The molecule has 1 aromatic rings. The fourth-order valence-corrected chi connectivity index (χ4v) is 3.07. The van der Waals surface area contributed by atoms with Crippen LogP contribution in [-0.2, 0) is 14.3 Å². The summed E-state index contributed by atoms with van der Waals surface area (Å²) in [5.41, 5.74) is 1.12. The minimum Gasteiger partial charge on any atom is -0.490 e. The predicted octanol–water partition coefficient (Wildman–Crippen LogP) is 1.16. The molecule has 0 aromatic heterocycles. The quantitative estimate of drug-likeness (QED) is 0.647. The highest BCUT2D eigenvalue weighted by Crippen LogP contribution is 2.38. The number of methoxy groups -OCH3 is 1. The Morgan fingerprint density at radius 3 is 2.83 bits per heavy atom. The first-order valence-corrected chi connectivity index (χ1v) is 7.63. The van der Waals surface area contributed by atoms with Gasteiger partial charge in [-0.05, 0) is 24.6 Å². The number of hydrogen-bond donors (Lipinski definition) is 1. The molecule has 0 bridgehead atoms. The molecule has 7 heteroatoms. The van der Waals surface area contributed by atoms with E-state index in [9.17, 15) is 14.4 Å². The van der Waals surface area contributed by atoms with Gasteiger partial charge in [0.15, 0.2) is 6.23 Å². The number of carbonyl (C=O) groups excluding carboxylic acids is 3. The second-order valence-corrected chi connectivity index (χ2v) is 5.62. The summed E-state index contributed by atoms with van der Waals surface area (Å²) >= 11 is 0. The van der Waals surface area contributed by atoms with Crippen molar-refractivity contribution in [1.29, 1.82) is 0 Å². The third-order valence-electron chi connectivity index (χ3n) is 4.14. The Kier molecular flexibility index (Phi) is 4.35. The molecule has 1 N–H and O–H groups in total. The highest BCUT2D eigenvalue weighted by Gasteiger charge is 2.45. The summed E-state index contributed by atoms with van der Waals surface area (Å²) in [6, 6.07) is 4.36. The van der Waals surface area contributed by atoms with Crippen molar-refractivity contribution in [3.63, 3.8) is 0 Å². The molecule has 2 unspecified atom stereocenters. The van der Waals surface area contributed by atoms with E-state index in [2.05, 4.69) is 11.9 Å². The molecule has 0 aliphatic carbocycles. The van der Waals surface area contributed by atoms with Crippen LogP contribution in [0.3, 0.4) is 0 Å². The van der Waals surface area contributed by atoms with Gasteiger partial charge in [0.25, 0.3) is 5.91 Å². The first-order chi connectivity index (χ1) is 11.6. The number of imide groups is 1. The maximum Gasteiger partial charge on any atom is 0.257 e. The van der Waals surface area contributed by atoms with Gasteiger partial charge in [0.2, 0.25) is 11.8 Å². The van der Waals surface area contributed by atoms with E-state index in [4.69, 9.17) is 9.47 Å². The Morgan fingerprint density at radius 2 is 2.17 bits per heavy atom. The fraction of sp³-hybridized carbons (Fsp3) is 0.353. The van der Waals surface area contributed by atoms with Crippen molar-refractivity contribution in [2.45, 2.75) is 25.1 Å². The fourth-order valence-electron chi connectivity index (χ4n) is 3.07. The lowest BCUT2D eigenvalue weighted by molar-refractivity contribution is -0.140. The Bertz CT molecular complexity index is 715. The number of piperidine rings is 1. The van der Waals surface area contributed by atoms with Crippen molar-refractivity contribution >= 4 is 17.7 Å². The highest BCUT2D eigenvalue weighted by molar-refractivity contribution is 6.05. The SMILES string of the molecule is C=CCOc1ccc2c(c1)C(OC)N(C1CCC(=O)NC1=O)C2=O. The van der Waals surface area contributed by atoms with Crippen LogP contribution in [0.4, 0.5) is 0 Å². The number of carbonyl (C=O) groups is 3. The third-order valence-corrected chi connectivity index (χ3v) is 4.14. The zero-order valence-electron chi connectivity index (χ0n) is 13.3. The minimum absolute atomic E-state index is 0.195. The molecule has 1 saturated heterocycles. The lowest BCUT2D eigenvalue weighted by atomic mass is 10.0. The molecule has 1 fully saturated rings. The van der Waals surface area contributed by atoms with E-state index < -0.39 is 18.2 Å². The number of amides is 3. The molecule has 1 aromatic carbocycles. The van der Waals surface area contributed by atoms with Crippen molar-refractivity contribution in [1.82, 2.24) is 10.2 Å². The van der Waals surface area contributed by atoms with E-state index in [1.165, 1.54) is 12.0 Å². The molecule has 0 saturated carbocycles. The topological polar surface area (TPSA) is 84.9 Å². The molecule has 126 valence electrons. The average molecular weight is 330 g/mol. The van der Waals surface area contributed by atoms with Crippen LogP contribution in [0.5, 0.6) is 5.75 Å². The summed E-state index contributed by atoms with van der Waals surface area (Å²) < 4.78 is 11.0. The minimum atomic E-state index is -0.731. The second kappa shape index (κ2) is 6.45. The monoisotopic (exact) mass is 330 g/mol. The molecule has 2 aliphatic rings. The molecule has 7 nitrogen and oxygen atoms in total. The van der Waals surface area contributed by atoms with Gasteiger partial charge in [-0.15, -0.1) is 0 Å². The molecule has 0 radical (unpaired) electrons. The van der Waals surface area contributed by atoms with Gasteiger partial charge in [-0.3, -0.25) is 24.6 Å². The first kappa shape index (κ1) is 16.2. The van der Waals surface area contributed by atoms with Crippen molar-refractivity contribution in [2.24, 2.45) is 0 Å². The summed E-state index contributed by atoms with van der Waals surface area (Å²) in [6.07, 6.45) is 1.41. The number of hydrogen-bond acceptors (Lipinski definition) is 5. The van der Waals surface area contributed by atoms with Crippen LogP contribution in [0.1, 0.15) is 35.0 Å². The zero-order valence-corrected chi connectivity index (χ0v) is 13.3. The van der Waals surface area contributed by atoms with Crippen LogP contribution in [0.2, 0.25) is 0 Å². The van der Waals surface area contributed by atoms with Gasteiger partial charge in [0.1, 0.15) is 18.4 Å². The molecule has 3 rings (SSSR count). The van der Waals surface area contributed by atoms with E-state index in [1.54, 1.807) is 24.3 Å². The van der Waals surface area contributed by atoms with E-state index in [1.807, 2.05) is 0 Å². The van der Waals surface area contributed by atoms with E-state index in [0.29, 0.717) is 23.5 Å². The molecular formula is C17H18N2O5. The lowest BCUT2D eigenvalue weighted by Gasteiger charge is -2.33. The average Bonchev–Trinajstić information content (AvgIpc) is 2.84. The smallest absolute Gasteiger partial charge is 0.257 e. The number of benzene rings is 1. The van der Waals surface area contributed by atoms with Gasteiger partial charge >= 0.3 is 0 Å². The van der Waals surface area contributed by atoms with Gasteiger partial charge in [-0.25, -0.2) is 0 Å².